The number of ether oxygens (including phenoxy) is 1. The third kappa shape index (κ3) is 4.03. The number of aromatic nitrogens is 2. The highest BCUT2D eigenvalue weighted by Crippen LogP contribution is 2.20. The minimum Gasteiger partial charge on any atom is -0.481 e. The fourth-order valence-corrected chi connectivity index (χ4v) is 2.51. The quantitative estimate of drug-likeness (QED) is 0.751. The molecule has 0 saturated carbocycles. The van der Waals surface area contributed by atoms with Crippen molar-refractivity contribution >= 4 is 5.91 Å². The standard InChI is InChI=1S/C19H18FN3O2/c1-23-12-11-21-19(23)18(14-7-3-2-4-8-14)22-17(24)13-25-16-10-6-5-9-15(16)20/h2-12,18H,13H2,1H3,(H,22,24)/t18-/m1/s1. The first-order chi connectivity index (χ1) is 12.1. The molecule has 0 aliphatic rings. The van der Waals surface area contributed by atoms with Crippen LogP contribution in [0.15, 0.2) is 67.0 Å². The smallest absolute Gasteiger partial charge is 0.258 e. The Bertz CT molecular complexity index is 849. The third-order valence-corrected chi connectivity index (χ3v) is 3.75. The van der Waals surface area contributed by atoms with Gasteiger partial charge < -0.3 is 14.6 Å². The predicted molar refractivity (Wildman–Crippen MR) is 91.5 cm³/mol. The molecule has 3 rings (SSSR count). The van der Waals surface area contributed by atoms with Crippen molar-refractivity contribution in [3.05, 3.63) is 84.2 Å². The van der Waals surface area contributed by atoms with Crippen molar-refractivity contribution in [3.63, 3.8) is 0 Å². The van der Waals surface area contributed by atoms with Gasteiger partial charge in [-0.3, -0.25) is 4.79 Å². The number of hydrogen-bond donors (Lipinski definition) is 1. The van der Waals surface area contributed by atoms with E-state index in [1.807, 2.05) is 48.1 Å². The van der Waals surface area contributed by atoms with Crippen LogP contribution >= 0.6 is 0 Å². The number of benzene rings is 2. The van der Waals surface area contributed by atoms with E-state index in [2.05, 4.69) is 10.3 Å². The van der Waals surface area contributed by atoms with E-state index in [-0.39, 0.29) is 18.3 Å². The summed E-state index contributed by atoms with van der Waals surface area (Å²) in [5.41, 5.74) is 0.899. The molecule has 3 aromatic rings. The summed E-state index contributed by atoms with van der Waals surface area (Å²) in [5.74, 6) is -0.115. The number of nitrogens with one attached hydrogen (secondary N) is 1. The summed E-state index contributed by atoms with van der Waals surface area (Å²) in [4.78, 5) is 16.6. The van der Waals surface area contributed by atoms with E-state index < -0.39 is 11.9 Å². The molecule has 0 spiro atoms. The Labute approximate surface area is 145 Å². The highest BCUT2D eigenvalue weighted by molar-refractivity contribution is 5.78. The van der Waals surface area contributed by atoms with E-state index in [0.717, 1.165) is 5.56 Å². The molecule has 1 heterocycles. The lowest BCUT2D eigenvalue weighted by atomic mass is 10.1. The molecule has 0 unspecified atom stereocenters. The van der Waals surface area contributed by atoms with Crippen LogP contribution in [0.3, 0.4) is 0 Å². The highest BCUT2D eigenvalue weighted by atomic mass is 19.1. The van der Waals surface area contributed by atoms with E-state index >= 15 is 0 Å². The monoisotopic (exact) mass is 339 g/mol. The van der Waals surface area contributed by atoms with Crippen molar-refractivity contribution in [3.8, 4) is 5.75 Å². The summed E-state index contributed by atoms with van der Waals surface area (Å²) in [6.45, 7) is -0.283. The van der Waals surface area contributed by atoms with Gasteiger partial charge in [-0.15, -0.1) is 0 Å². The van der Waals surface area contributed by atoms with Gasteiger partial charge in [-0.25, -0.2) is 9.37 Å². The summed E-state index contributed by atoms with van der Waals surface area (Å²) < 4.78 is 20.7. The Hall–Kier alpha value is -3.15. The lowest BCUT2D eigenvalue weighted by Crippen LogP contribution is -2.34. The minimum atomic E-state index is -0.501. The molecule has 1 atom stereocenters. The van der Waals surface area contributed by atoms with Crippen LogP contribution in [-0.2, 0) is 11.8 Å². The second-order valence-electron chi connectivity index (χ2n) is 5.53. The van der Waals surface area contributed by atoms with Gasteiger partial charge in [0, 0.05) is 19.4 Å². The minimum absolute atomic E-state index is 0.0471. The molecule has 1 N–H and O–H groups in total. The van der Waals surface area contributed by atoms with Crippen molar-refractivity contribution in [2.45, 2.75) is 6.04 Å². The number of halogens is 1. The van der Waals surface area contributed by atoms with E-state index in [4.69, 9.17) is 4.74 Å². The number of hydrogen-bond acceptors (Lipinski definition) is 3. The first-order valence-electron chi connectivity index (χ1n) is 7.84. The van der Waals surface area contributed by atoms with Crippen LogP contribution in [0.2, 0.25) is 0 Å². The van der Waals surface area contributed by atoms with Gasteiger partial charge in [0.05, 0.1) is 0 Å². The molecule has 1 amide bonds. The maximum absolute atomic E-state index is 13.6. The zero-order chi connectivity index (χ0) is 17.6. The van der Waals surface area contributed by atoms with Gasteiger partial charge in [0.25, 0.3) is 5.91 Å². The first-order valence-corrected chi connectivity index (χ1v) is 7.84. The molecule has 5 nitrogen and oxygen atoms in total. The first kappa shape index (κ1) is 16.7. The molecule has 0 saturated heterocycles. The Morgan fingerprint density at radius 2 is 1.92 bits per heavy atom. The number of amides is 1. The number of carbonyl (C=O) groups is 1. The molecular weight excluding hydrogens is 321 g/mol. The van der Waals surface area contributed by atoms with Crippen LogP contribution in [0.4, 0.5) is 4.39 Å². The van der Waals surface area contributed by atoms with Gasteiger partial charge in [-0.2, -0.15) is 0 Å². The van der Waals surface area contributed by atoms with Gasteiger partial charge in [-0.05, 0) is 17.7 Å². The molecule has 128 valence electrons. The maximum atomic E-state index is 13.6. The number of carbonyl (C=O) groups excluding carboxylic acids is 1. The molecule has 0 fully saturated rings. The predicted octanol–water partition coefficient (Wildman–Crippen LogP) is 2.84. The summed E-state index contributed by atoms with van der Waals surface area (Å²) in [7, 11) is 1.86. The van der Waals surface area contributed by atoms with Crippen LogP contribution in [0.1, 0.15) is 17.4 Å². The number of rotatable bonds is 6. The molecule has 0 aliphatic heterocycles. The van der Waals surface area contributed by atoms with Crippen molar-refractivity contribution in [2.75, 3.05) is 6.61 Å². The fraction of sp³-hybridized carbons (Fsp3) is 0.158. The number of imidazole rings is 1. The van der Waals surface area contributed by atoms with Gasteiger partial charge in [0.1, 0.15) is 11.9 Å². The molecule has 0 aliphatic carbocycles. The van der Waals surface area contributed by atoms with Crippen molar-refractivity contribution in [1.29, 1.82) is 0 Å². The zero-order valence-electron chi connectivity index (χ0n) is 13.7. The van der Waals surface area contributed by atoms with E-state index in [1.165, 1.54) is 12.1 Å². The Morgan fingerprint density at radius 1 is 1.20 bits per heavy atom. The average molecular weight is 339 g/mol. The Morgan fingerprint density at radius 3 is 2.60 bits per heavy atom. The van der Waals surface area contributed by atoms with Crippen LogP contribution in [-0.4, -0.2) is 22.1 Å². The Kier molecular flexibility index (Phi) is 5.09. The summed E-state index contributed by atoms with van der Waals surface area (Å²) >= 11 is 0. The SMILES string of the molecule is Cn1ccnc1[C@H](NC(=O)COc1ccccc1F)c1ccccc1. The summed E-state index contributed by atoms with van der Waals surface area (Å²) in [6.07, 6.45) is 3.49. The largest absolute Gasteiger partial charge is 0.481 e. The molecular formula is C19H18FN3O2. The number of para-hydroxylation sites is 1. The van der Waals surface area contributed by atoms with Crippen molar-refractivity contribution < 1.29 is 13.9 Å². The normalized spacial score (nSPS) is 11.8. The topological polar surface area (TPSA) is 56.2 Å². The van der Waals surface area contributed by atoms with E-state index in [9.17, 15) is 9.18 Å². The van der Waals surface area contributed by atoms with Gasteiger partial charge in [0.15, 0.2) is 18.2 Å². The lowest BCUT2D eigenvalue weighted by molar-refractivity contribution is -0.123. The van der Waals surface area contributed by atoms with Crippen LogP contribution in [0, 0.1) is 5.82 Å². The van der Waals surface area contributed by atoms with E-state index in [1.54, 1.807) is 18.3 Å². The second kappa shape index (κ2) is 7.61. The lowest BCUT2D eigenvalue weighted by Gasteiger charge is -2.19. The maximum Gasteiger partial charge on any atom is 0.258 e. The molecule has 0 bridgehead atoms. The van der Waals surface area contributed by atoms with Crippen LogP contribution < -0.4 is 10.1 Å². The average Bonchev–Trinajstić information content (AvgIpc) is 3.05. The summed E-state index contributed by atoms with van der Waals surface area (Å²) in [6, 6.07) is 15.1. The fourth-order valence-electron chi connectivity index (χ4n) is 2.51. The van der Waals surface area contributed by atoms with Gasteiger partial charge >= 0.3 is 0 Å². The molecule has 2 aromatic carbocycles. The van der Waals surface area contributed by atoms with Crippen LogP contribution in [0.25, 0.3) is 0 Å². The summed E-state index contributed by atoms with van der Waals surface area (Å²) in [5, 5.41) is 2.90. The van der Waals surface area contributed by atoms with Gasteiger partial charge in [-0.1, -0.05) is 42.5 Å². The molecule has 0 radical (unpaired) electrons. The number of nitrogens with zero attached hydrogens (tertiary/aromatic N) is 2. The number of aryl methyl sites for hydroxylation is 1. The van der Waals surface area contributed by atoms with Crippen molar-refractivity contribution in [2.24, 2.45) is 7.05 Å². The second-order valence-corrected chi connectivity index (χ2v) is 5.53. The highest BCUT2D eigenvalue weighted by Gasteiger charge is 2.20. The molecule has 1 aromatic heterocycles. The Balaban J connectivity index is 1.73. The van der Waals surface area contributed by atoms with Gasteiger partial charge in [0.2, 0.25) is 0 Å². The molecule has 6 heteroatoms. The van der Waals surface area contributed by atoms with Crippen LogP contribution in [0.5, 0.6) is 5.75 Å². The van der Waals surface area contributed by atoms with Crippen molar-refractivity contribution in [1.82, 2.24) is 14.9 Å². The molecule has 25 heavy (non-hydrogen) atoms. The zero-order valence-corrected chi connectivity index (χ0v) is 13.7. The third-order valence-electron chi connectivity index (χ3n) is 3.75. The van der Waals surface area contributed by atoms with E-state index in [0.29, 0.717) is 5.82 Å².